The molecule has 0 bridgehead atoms. The molecule has 0 unspecified atom stereocenters. The molecule has 0 spiro atoms. The monoisotopic (exact) mass is 315 g/mol. The van der Waals surface area contributed by atoms with Crippen LogP contribution in [0.15, 0.2) is 12.1 Å². The third-order valence-electron chi connectivity index (χ3n) is 2.30. The Balaban J connectivity index is 2.66. The predicted molar refractivity (Wildman–Crippen MR) is 70.0 cm³/mol. The molecule has 19 heavy (non-hydrogen) atoms. The van der Waals surface area contributed by atoms with Crippen LogP contribution in [0.25, 0.3) is 0 Å². The SMILES string of the molecule is CNCc1cc(Cl)cc(Cl)c1OCCCC(F)(F)F. The zero-order chi connectivity index (χ0) is 14.5. The molecule has 1 aromatic rings. The van der Waals surface area contributed by atoms with Crippen molar-refractivity contribution in [2.24, 2.45) is 0 Å². The van der Waals surface area contributed by atoms with Crippen LogP contribution in [0.2, 0.25) is 10.0 Å². The Hall–Kier alpha value is -0.650. The minimum Gasteiger partial charge on any atom is -0.492 e. The summed E-state index contributed by atoms with van der Waals surface area (Å²) in [6.45, 7) is 0.423. The predicted octanol–water partition coefficient (Wildman–Crippen LogP) is 4.43. The van der Waals surface area contributed by atoms with E-state index in [1.165, 1.54) is 6.07 Å². The maximum absolute atomic E-state index is 12.0. The van der Waals surface area contributed by atoms with Crippen molar-refractivity contribution in [2.75, 3.05) is 13.7 Å². The number of benzene rings is 1. The normalized spacial score (nSPS) is 11.7. The minimum absolute atomic E-state index is 0.0441. The second-order valence-corrected chi connectivity index (χ2v) is 4.82. The van der Waals surface area contributed by atoms with Crippen molar-refractivity contribution in [2.45, 2.75) is 25.6 Å². The van der Waals surface area contributed by atoms with Crippen LogP contribution >= 0.6 is 23.2 Å². The summed E-state index contributed by atoms with van der Waals surface area (Å²) in [7, 11) is 1.74. The van der Waals surface area contributed by atoms with E-state index in [1.807, 2.05) is 0 Å². The van der Waals surface area contributed by atoms with Gasteiger partial charge in [-0.2, -0.15) is 13.2 Å². The minimum atomic E-state index is -4.17. The molecular formula is C12H14Cl2F3NO. The van der Waals surface area contributed by atoms with Gasteiger partial charge in [0, 0.05) is 23.6 Å². The van der Waals surface area contributed by atoms with Crippen molar-refractivity contribution < 1.29 is 17.9 Å². The van der Waals surface area contributed by atoms with Crippen molar-refractivity contribution >= 4 is 23.2 Å². The number of ether oxygens (including phenoxy) is 1. The molecule has 0 fully saturated rings. The Morgan fingerprint density at radius 2 is 1.95 bits per heavy atom. The number of nitrogens with one attached hydrogen (secondary N) is 1. The van der Waals surface area contributed by atoms with Crippen molar-refractivity contribution in [3.8, 4) is 5.75 Å². The smallest absolute Gasteiger partial charge is 0.389 e. The van der Waals surface area contributed by atoms with Gasteiger partial charge in [-0.15, -0.1) is 0 Å². The topological polar surface area (TPSA) is 21.3 Å². The summed E-state index contributed by atoms with van der Waals surface area (Å²) in [5.74, 6) is 0.377. The van der Waals surface area contributed by atoms with Crippen LogP contribution in [0.5, 0.6) is 5.75 Å². The first-order valence-electron chi connectivity index (χ1n) is 5.65. The summed E-state index contributed by atoms with van der Waals surface area (Å²) < 4.78 is 41.4. The standard InChI is InChI=1S/C12H14Cl2F3NO/c1-18-7-8-5-9(13)6-10(14)11(8)19-4-2-3-12(15,16)17/h5-6,18H,2-4,7H2,1H3. The lowest BCUT2D eigenvalue weighted by Gasteiger charge is -2.14. The Morgan fingerprint density at radius 3 is 2.53 bits per heavy atom. The number of hydrogen-bond donors (Lipinski definition) is 1. The average Bonchev–Trinajstić information content (AvgIpc) is 2.25. The third kappa shape index (κ3) is 5.89. The number of rotatable bonds is 6. The van der Waals surface area contributed by atoms with E-state index in [2.05, 4.69) is 5.32 Å². The number of halogens is 5. The van der Waals surface area contributed by atoms with Gasteiger partial charge >= 0.3 is 6.18 Å². The van der Waals surface area contributed by atoms with Gasteiger partial charge in [-0.25, -0.2) is 0 Å². The molecule has 1 rings (SSSR count). The maximum Gasteiger partial charge on any atom is 0.389 e. The van der Waals surface area contributed by atoms with E-state index in [-0.39, 0.29) is 13.0 Å². The van der Waals surface area contributed by atoms with E-state index in [0.717, 1.165) is 0 Å². The molecule has 7 heteroatoms. The Morgan fingerprint density at radius 1 is 1.26 bits per heavy atom. The van der Waals surface area contributed by atoms with Crippen molar-refractivity contribution in [1.82, 2.24) is 5.32 Å². The third-order valence-corrected chi connectivity index (χ3v) is 2.80. The summed E-state index contributed by atoms with van der Waals surface area (Å²) in [6, 6.07) is 3.17. The van der Waals surface area contributed by atoms with Gasteiger partial charge in [0.1, 0.15) is 5.75 Å². The van der Waals surface area contributed by atoms with Crippen LogP contribution < -0.4 is 10.1 Å². The fourth-order valence-electron chi connectivity index (χ4n) is 1.54. The first-order valence-corrected chi connectivity index (χ1v) is 6.41. The Labute approximate surface area is 119 Å². The zero-order valence-corrected chi connectivity index (χ0v) is 11.8. The molecule has 0 amide bonds. The van der Waals surface area contributed by atoms with Crippen molar-refractivity contribution in [3.63, 3.8) is 0 Å². The number of alkyl halides is 3. The summed E-state index contributed by atoms with van der Waals surface area (Å²) >= 11 is 11.8. The maximum atomic E-state index is 12.0. The van der Waals surface area contributed by atoms with Gasteiger partial charge < -0.3 is 10.1 Å². The van der Waals surface area contributed by atoms with Crippen LogP contribution in [0, 0.1) is 0 Å². The molecule has 108 valence electrons. The van der Waals surface area contributed by atoms with Crippen LogP contribution in [-0.4, -0.2) is 19.8 Å². The van der Waals surface area contributed by atoms with Crippen LogP contribution in [0.4, 0.5) is 13.2 Å². The highest BCUT2D eigenvalue weighted by molar-refractivity contribution is 6.35. The summed E-state index contributed by atoms with van der Waals surface area (Å²) in [4.78, 5) is 0. The van der Waals surface area contributed by atoms with E-state index in [9.17, 15) is 13.2 Å². The molecule has 0 aliphatic heterocycles. The van der Waals surface area contributed by atoms with Gasteiger partial charge in [0.05, 0.1) is 11.6 Å². The quantitative estimate of drug-likeness (QED) is 0.784. The largest absolute Gasteiger partial charge is 0.492 e. The van der Waals surface area contributed by atoms with Gasteiger partial charge in [-0.05, 0) is 25.6 Å². The first kappa shape index (κ1) is 16.4. The van der Waals surface area contributed by atoms with E-state index in [4.69, 9.17) is 27.9 Å². The van der Waals surface area contributed by atoms with Gasteiger partial charge in [-0.1, -0.05) is 23.2 Å². The Bertz CT molecular complexity index is 424. The van der Waals surface area contributed by atoms with Crippen molar-refractivity contribution in [3.05, 3.63) is 27.7 Å². The highest BCUT2D eigenvalue weighted by atomic mass is 35.5. The fraction of sp³-hybridized carbons (Fsp3) is 0.500. The van der Waals surface area contributed by atoms with Gasteiger partial charge in [0.15, 0.2) is 0 Å². The fourth-order valence-corrected chi connectivity index (χ4v) is 2.13. The molecule has 0 saturated carbocycles. The molecule has 0 aliphatic rings. The first-order chi connectivity index (χ1) is 8.83. The molecule has 0 aliphatic carbocycles. The van der Waals surface area contributed by atoms with Gasteiger partial charge in [-0.3, -0.25) is 0 Å². The lowest BCUT2D eigenvalue weighted by Crippen LogP contribution is -2.11. The summed E-state index contributed by atoms with van der Waals surface area (Å²) in [5.41, 5.74) is 0.715. The van der Waals surface area contributed by atoms with E-state index >= 15 is 0 Å². The Kier molecular flexibility index (Phi) is 6.23. The molecule has 2 nitrogen and oxygen atoms in total. The molecule has 0 saturated heterocycles. The summed E-state index contributed by atoms with van der Waals surface area (Å²) in [6.07, 6.45) is -5.15. The number of hydrogen-bond acceptors (Lipinski definition) is 2. The van der Waals surface area contributed by atoms with E-state index in [1.54, 1.807) is 13.1 Å². The average molecular weight is 316 g/mol. The molecule has 0 radical (unpaired) electrons. The van der Waals surface area contributed by atoms with Crippen LogP contribution in [0.1, 0.15) is 18.4 Å². The molecule has 0 heterocycles. The van der Waals surface area contributed by atoms with Crippen LogP contribution in [0.3, 0.4) is 0 Å². The lowest BCUT2D eigenvalue weighted by atomic mass is 10.2. The molecule has 1 N–H and O–H groups in total. The van der Waals surface area contributed by atoms with Gasteiger partial charge in [0.25, 0.3) is 0 Å². The second kappa shape index (κ2) is 7.22. The highest BCUT2D eigenvalue weighted by Crippen LogP contribution is 2.33. The molecule has 1 aromatic carbocycles. The molecule has 0 aromatic heterocycles. The van der Waals surface area contributed by atoms with Gasteiger partial charge in [0.2, 0.25) is 0 Å². The van der Waals surface area contributed by atoms with Crippen molar-refractivity contribution in [1.29, 1.82) is 0 Å². The highest BCUT2D eigenvalue weighted by Gasteiger charge is 2.26. The van der Waals surface area contributed by atoms with E-state index in [0.29, 0.717) is 27.9 Å². The summed E-state index contributed by atoms with van der Waals surface area (Å²) in [5, 5.41) is 3.67. The van der Waals surface area contributed by atoms with E-state index < -0.39 is 12.6 Å². The molecular weight excluding hydrogens is 302 g/mol. The zero-order valence-electron chi connectivity index (χ0n) is 10.3. The molecule has 0 atom stereocenters. The lowest BCUT2D eigenvalue weighted by molar-refractivity contribution is -0.136. The van der Waals surface area contributed by atoms with Crippen LogP contribution in [-0.2, 0) is 6.54 Å². The second-order valence-electron chi connectivity index (χ2n) is 3.97.